The van der Waals surface area contributed by atoms with E-state index in [0.717, 1.165) is 32.5 Å². The Bertz CT molecular complexity index is 397. The van der Waals surface area contributed by atoms with Gasteiger partial charge in [-0.25, -0.2) is 0 Å². The van der Waals surface area contributed by atoms with Crippen molar-refractivity contribution >= 4 is 0 Å². The monoisotopic (exact) mass is 290 g/mol. The van der Waals surface area contributed by atoms with Crippen molar-refractivity contribution in [2.45, 2.75) is 57.7 Å². The summed E-state index contributed by atoms with van der Waals surface area (Å²) in [5.74, 6) is 0. The van der Waals surface area contributed by atoms with Crippen LogP contribution in [0.5, 0.6) is 0 Å². The van der Waals surface area contributed by atoms with Gasteiger partial charge in [-0.2, -0.15) is 0 Å². The van der Waals surface area contributed by atoms with Crippen LogP contribution in [0.1, 0.15) is 45.1 Å². The minimum Gasteiger partial charge on any atom is -0.389 e. The number of likely N-dealkylation sites (tertiary alicyclic amines) is 1. The number of hydrogen-bond acceptors (Lipinski definition) is 3. The summed E-state index contributed by atoms with van der Waals surface area (Å²) in [6.45, 7) is 8.11. The molecule has 1 heterocycles. The van der Waals surface area contributed by atoms with Crippen molar-refractivity contribution in [3.63, 3.8) is 0 Å². The van der Waals surface area contributed by atoms with Crippen molar-refractivity contribution in [3.05, 3.63) is 35.9 Å². The lowest BCUT2D eigenvalue weighted by Gasteiger charge is -2.34. The summed E-state index contributed by atoms with van der Waals surface area (Å²) < 4.78 is 0. The Morgan fingerprint density at radius 1 is 1.24 bits per heavy atom. The standard InChI is InChI=1S/C18H30N2O/c1-3-11-18(2,21)15-19-17-9-12-20(13-10-17)14-16-7-5-4-6-8-16/h4-8,17,19,21H,3,9-15H2,1-2H3. The second-order valence-corrected chi connectivity index (χ2v) is 6.66. The van der Waals surface area contributed by atoms with Crippen LogP contribution in [0, 0.1) is 0 Å². The minimum atomic E-state index is -0.560. The van der Waals surface area contributed by atoms with Gasteiger partial charge in [-0.3, -0.25) is 4.90 Å². The van der Waals surface area contributed by atoms with Gasteiger partial charge < -0.3 is 10.4 Å². The smallest absolute Gasteiger partial charge is 0.0743 e. The van der Waals surface area contributed by atoms with Crippen molar-refractivity contribution in [3.8, 4) is 0 Å². The molecule has 1 aromatic rings. The van der Waals surface area contributed by atoms with E-state index in [1.54, 1.807) is 0 Å². The number of rotatable bonds is 7. The van der Waals surface area contributed by atoms with E-state index in [1.807, 2.05) is 6.92 Å². The van der Waals surface area contributed by atoms with E-state index < -0.39 is 5.60 Å². The molecule has 1 aromatic carbocycles. The fourth-order valence-electron chi connectivity index (χ4n) is 3.13. The zero-order valence-electron chi connectivity index (χ0n) is 13.5. The molecule has 1 fully saturated rings. The lowest BCUT2D eigenvalue weighted by molar-refractivity contribution is 0.0437. The van der Waals surface area contributed by atoms with E-state index in [9.17, 15) is 5.11 Å². The molecule has 0 amide bonds. The van der Waals surface area contributed by atoms with Crippen molar-refractivity contribution in [1.29, 1.82) is 0 Å². The molecule has 2 rings (SSSR count). The highest BCUT2D eigenvalue weighted by molar-refractivity contribution is 5.14. The molecule has 3 heteroatoms. The van der Waals surface area contributed by atoms with Crippen LogP contribution in [0.3, 0.4) is 0 Å². The molecule has 1 aliphatic heterocycles. The van der Waals surface area contributed by atoms with Crippen LogP contribution in [0.4, 0.5) is 0 Å². The first-order valence-corrected chi connectivity index (χ1v) is 8.31. The molecule has 3 nitrogen and oxygen atoms in total. The van der Waals surface area contributed by atoms with E-state index >= 15 is 0 Å². The van der Waals surface area contributed by atoms with Gasteiger partial charge in [-0.1, -0.05) is 43.7 Å². The lowest BCUT2D eigenvalue weighted by atomic mass is 9.98. The van der Waals surface area contributed by atoms with Crippen LogP contribution in [0.25, 0.3) is 0 Å². The number of aliphatic hydroxyl groups is 1. The topological polar surface area (TPSA) is 35.5 Å². The van der Waals surface area contributed by atoms with E-state index in [4.69, 9.17) is 0 Å². The fourth-order valence-corrected chi connectivity index (χ4v) is 3.13. The summed E-state index contributed by atoms with van der Waals surface area (Å²) in [5.41, 5.74) is 0.838. The maximum absolute atomic E-state index is 10.2. The third-order valence-electron chi connectivity index (χ3n) is 4.40. The Labute approximate surface area is 129 Å². The van der Waals surface area contributed by atoms with Gasteiger partial charge >= 0.3 is 0 Å². The molecule has 0 radical (unpaired) electrons. The van der Waals surface area contributed by atoms with Gasteiger partial charge in [0.15, 0.2) is 0 Å². The summed E-state index contributed by atoms with van der Waals surface area (Å²) in [7, 11) is 0. The van der Waals surface area contributed by atoms with E-state index in [2.05, 4.69) is 47.5 Å². The molecule has 0 spiro atoms. The van der Waals surface area contributed by atoms with E-state index in [1.165, 1.54) is 18.4 Å². The number of nitrogens with one attached hydrogen (secondary N) is 1. The SMILES string of the molecule is CCCC(C)(O)CNC1CCN(Cc2ccccc2)CC1. The largest absolute Gasteiger partial charge is 0.389 e. The predicted molar refractivity (Wildman–Crippen MR) is 88.3 cm³/mol. The van der Waals surface area contributed by atoms with Crippen LogP contribution in [0.15, 0.2) is 30.3 Å². The average Bonchev–Trinajstić information content (AvgIpc) is 2.48. The first-order valence-electron chi connectivity index (χ1n) is 8.31. The molecular formula is C18H30N2O. The maximum Gasteiger partial charge on any atom is 0.0743 e. The highest BCUT2D eigenvalue weighted by atomic mass is 16.3. The molecule has 0 saturated carbocycles. The Hall–Kier alpha value is -0.900. The third kappa shape index (κ3) is 5.77. The first-order chi connectivity index (χ1) is 10.1. The van der Waals surface area contributed by atoms with Crippen molar-refractivity contribution in [2.24, 2.45) is 0 Å². The molecule has 1 atom stereocenters. The zero-order chi connectivity index (χ0) is 15.1. The Morgan fingerprint density at radius 3 is 2.52 bits per heavy atom. The highest BCUT2D eigenvalue weighted by Gasteiger charge is 2.23. The quantitative estimate of drug-likeness (QED) is 0.810. The Morgan fingerprint density at radius 2 is 1.90 bits per heavy atom. The summed E-state index contributed by atoms with van der Waals surface area (Å²) in [4.78, 5) is 2.53. The van der Waals surface area contributed by atoms with E-state index in [0.29, 0.717) is 12.6 Å². The summed E-state index contributed by atoms with van der Waals surface area (Å²) in [5, 5.41) is 13.8. The molecule has 0 bridgehead atoms. The molecule has 0 aliphatic carbocycles. The predicted octanol–water partition coefficient (Wildman–Crippen LogP) is 2.79. The maximum atomic E-state index is 10.2. The molecule has 2 N–H and O–H groups in total. The Balaban J connectivity index is 1.69. The van der Waals surface area contributed by atoms with Crippen LogP contribution in [0.2, 0.25) is 0 Å². The lowest BCUT2D eigenvalue weighted by Crippen LogP contribution is -2.47. The summed E-state index contributed by atoms with van der Waals surface area (Å²) in [6, 6.07) is 11.2. The first kappa shape index (κ1) is 16.5. The molecule has 0 aromatic heterocycles. The second-order valence-electron chi connectivity index (χ2n) is 6.66. The fraction of sp³-hybridized carbons (Fsp3) is 0.667. The number of piperidine rings is 1. The molecule has 1 unspecified atom stereocenters. The van der Waals surface area contributed by atoms with Gasteiger partial charge in [0.25, 0.3) is 0 Å². The van der Waals surface area contributed by atoms with Crippen LogP contribution < -0.4 is 5.32 Å². The molecule has 1 aliphatic rings. The van der Waals surface area contributed by atoms with Crippen molar-refractivity contribution in [1.82, 2.24) is 10.2 Å². The Kier molecular flexibility index (Phi) is 6.22. The number of nitrogens with zero attached hydrogens (tertiary/aromatic N) is 1. The van der Waals surface area contributed by atoms with Gasteiger partial charge in [0.05, 0.1) is 5.60 Å². The number of hydrogen-bond donors (Lipinski definition) is 2. The molecular weight excluding hydrogens is 260 g/mol. The van der Waals surface area contributed by atoms with Crippen LogP contribution in [-0.4, -0.2) is 41.3 Å². The summed E-state index contributed by atoms with van der Waals surface area (Å²) in [6.07, 6.45) is 4.25. The summed E-state index contributed by atoms with van der Waals surface area (Å²) >= 11 is 0. The third-order valence-corrected chi connectivity index (χ3v) is 4.40. The van der Waals surface area contributed by atoms with E-state index in [-0.39, 0.29) is 0 Å². The van der Waals surface area contributed by atoms with Crippen molar-refractivity contribution < 1.29 is 5.11 Å². The minimum absolute atomic E-state index is 0.556. The van der Waals surface area contributed by atoms with Gasteiger partial charge in [0.2, 0.25) is 0 Å². The average molecular weight is 290 g/mol. The van der Waals surface area contributed by atoms with Crippen LogP contribution in [-0.2, 0) is 6.54 Å². The molecule has 1 saturated heterocycles. The molecule has 21 heavy (non-hydrogen) atoms. The zero-order valence-corrected chi connectivity index (χ0v) is 13.5. The van der Waals surface area contributed by atoms with Gasteiger partial charge in [-0.15, -0.1) is 0 Å². The van der Waals surface area contributed by atoms with Gasteiger partial charge in [0, 0.05) is 19.1 Å². The highest BCUT2D eigenvalue weighted by Crippen LogP contribution is 2.16. The van der Waals surface area contributed by atoms with Crippen molar-refractivity contribution in [2.75, 3.05) is 19.6 Å². The second kappa shape index (κ2) is 7.92. The number of benzene rings is 1. The van der Waals surface area contributed by atoms with Crippen LogP contribution >= 0.6 is 0 Å². The molecule has 118 valence electrons. The normalized spacial score (nSPS) is 20.3. The van der Waals surface area contributed by atoms with Gasteiger partial charge in [0.1, 0.15) is 0 Å². The van der Waals surface area contributed by atoms with Gasteiger partial charge in [-0.05, 0) is 44.8 Å².